The Morgan fingerprint density at radius 3 is 2.76 bits per heavy atom. The van der Waals surface area contributed by atoms with Gasteiger partial charge in [0.05, 0.1) is 0 Å². The molecule has 0 aromatic heterocycles. The van der Waals surface area contributed by atoms with Crippen molar-refractivity contribution in [2.75, 3.05) is 23.4 Å². The van der Waals surface area contributed by atoms with E-state index in [0.717, 1.165) is 22.5 Å². The van der Waals surface area contributed by atoms with Gasteiger partial charge in [-0.05, 0) is 55.7 Å². The van der Waals surface area contributed by atoms with Gasteiger partial charge in [-0.15, -0.1) is 0 Å². The summed E-state index contributed by atoms with van der Waals surface area (Å²) in [6.07, 6.45) is 1.21. The smallest absolute Gasteiger partial charge is 0.262 e. The molecule has 0 fully saturated rings. The number of ether oxygens (including phenoxy) is 1. The first-order valence-corrected chi connectivity index (χ1v) is 8.50. The lowest BCUT2D eigenvalue weighted by Gasteiger charge is -2.28. The SMILES string of the molecule is CCN1C(=O)CCc2cc(NC(=O)COc3ccccc3C)ccc21. The van der Waals surface area contributed by atoms with Crippen LogP contribution in [0.1, 0.15) is 24.5 Å². The van der Waals surface area contributed by atoms with Crippen molar-refractivity contribution in [3.63, 3.8) is 0 Å². The van der Waals surface area contributed by atoms with Crippen molar-refractivity contribution in [3.05, 3.63) is 53.6 Å². The molecule has 25 heavy (non-hydrogen) atoms. The first kappa shape index (κ1) is 17.0. The first-order valence-electron chi connectivity index (χ1n) is 8.50. The molecule has 1 aliphatic rings. The minimum atomic E-state index is -0.206. The van der Waals surface area contributed by atoms with Gasteiger partial charge in [-0.2, -0.15) is 0 Å². The van der Waals surface area contributed by atoms with Gasteiger partial charge in [-0.25, -0.2) is 0 Å². The largest absolute Gasteiger partial charge is 0.483 e. The molecule has 2 aromatic carbocycles. The third kappa shape index (κ3) is 3.82. The van der Waals surface area contributed by atoms with Crippen molar-refractivity contribution >= 4 is 23.2 Å². The molecule has 2 amide bonds. The summed E-state index contributed by atoms with van der Waals surface area (Å²) < 4.78 is 5.57. The maximum atomic E-state index is 12.1. The molecule has 0 saturated carbocycles. The van der Waals surface area contributed by atoms with Crippen LogP contribution in [0, 0.1) is 6.92 Å². The van der Waals surface area contributed by atoms with Crippen molar-refractivity contribution in [2.45, 2.75) is 26.7 Å². The van der Waals surface area contributed by atoms with E-state index in [4.69, 9.17) is 4.74 Å². The van der Waals surface area contributed by atoms with E-state index < -0.39 is 0 Å². The number of amides is 2. The van der Waals surface area contributed by atoms with Gasteiger partial charge in [0.15, 0.2) is 6.61 Å². The van der Waals surface area contributed by atoms with E-state index in [1.54, 1.807) is 4.90 Å². The molecule has 0 saturated heterocycles. The molecule has 0 atom stereocenters. The maximum absolute atomic E-state index is 12.1. The Balaban J connectivity index is 1.64. The highest BCUT2D eigenvalue weighted by atomic mass is 16.5. The van der Waals surface area contributed by atoms with Crippen LogP contribution in [0.25, 0.3) is 0 Å². The van der Waals surface area contributed by atoms with Crippen LogP contribution in [-0.2, 0) is 16.0 Å². The summed E-state index contributed by atoms with van der Waals surface area (Å²) in [5.41, 5.74) is 3.74. The second-order valence-electron chi connectivity index (χ2n) is 6.08. The molecule has 2 aromatic rings. The van der Waals surface area contributed by atoms with Crippen LogP contribution in [0.5, 0.6) is 5.75 Å². The van der Waals surface area contributed by atoms with Gasteiger partial charge in [-0.1, -0.05) is 18.2 Å². The van der Waals surface area contributed by atoms with E-state index >= 15 is 0 Å². The van der Waals surface area contributed by atoms with Gasteiger partial charge >= 0.3 is 0 Å². The predicted octanol–water partition coefficient (Wildman–Crippen LogP) is 3.31. The molecule has 5 heteroatoms. The molecule has 0 spiro atoms. The quantitative estimate of drug-likeness (QED) is 0.910. The van der Waals surface area contributed by atoms with E-state index in [1.165, 1.54) is 0 Å². The number of nitrogens with one attached hydrogen (secondary N) is 1. The number of carbonyl (C=O) groups excluding carboxylic acids is 2. The van der Waals surface area contributed by atoms with Gasteiger partial charge in [0.1, 0.15) is 5.75 Å². The van der Waals surface area contributed by atoms with Crippen LogP contribution in [0.3, 0.4) is 0 Å². The van der Waals surface area contributed by atoms with E-state index in [0.29, 0.717) is 25.1 Å². The zero-order valence-corrected chi connectivity index (χ0v) is 14.5. The van der Waals surface area contributed by atoms with E-state index in [-0.39, 0.29) is 18.4 Å². The highest BCUT2D eigenvalue weighted by molar-refractivity contribution is 5.97. The molecule has 0 aliphatic carbocycles. The third-order valence-corrected chi connectivity index (χ3v) is 4.33. The van der Waals surface area contributed by atoms with E-state index in [9.17, 15) is 9.59 Å². The van der Waals surface area contributed by atoms with Crippen molar-refractivity contribution in [3.8, 4) is 5.75 Å². The number of anilines is 2. The fourth-order valence-electron chi connectivity index (χ4n) is 3.04. The standard InChI is InChI=1S/C20H22N2O3/c1-3-22-17-10-9-16(12-15(17)8-11-20(22)24)21-19(23)13-25-18-7-5-4-6-14(18)2/h4-7,9-10,12H,3,8,11,13H2,1-2H3,(H,21,23). The Labute approximate surface area is 147 Å². The number of nitrogens with zero attached hydrogens (tertiary/aromatic N) is 1. The molecule has 5 nitrogen and oxygen atoms in total. The van der Waals surface area contributed by atoms with Gasteiger partial charge in [0.2, 0.25) is 5.91 Å². The molecule has 130 valence electrons. The number of fused-ring (bicyclic) bond motifs is 1. The minimum absolute atomic E-state index is 0.0402. The van der Waals surface area contributed by atoms with Crippen LogP contribution < -0.4 is 15.0 Å². The molecule has 0 radical (unpaired) electrons. The van der Waals surface area contributed by atoms with Gasteiger partial charge in [-0.3, -0.25) is 9.59 Å². The Hall–Kier alpha value is -2.82. The Morgan fingerprint density at radius 2 is 2.00 bits per heavy atom. The number of rotatable bonds is 5. The zero-order valence-electron chi connectivity index (χ0n) is 14.5. The number of para-hydroxylation sites is 1. The van der Waals surface area contributed by atoms with Crippen LogP contribution >= 0.6 is 0 Å². The van der Waals surface area contributed by atoms with Crippen LogP contribution in [0.15, 0.2) is 42.5 Å². The molecule has 0 unspecified atom stereocenters. The number of carbonyl (C=O) groups is 2. The first-order chi connectivity index (χ1) is 12.1. The van der Waals surface area contributed by atoms with Gasteiger partial charge in [0.25, 0.3) is 5.91 Å². The van der Waals surface area contributed by atoms with Crippen molar-refractivity contribution in [1.82, 2.24) is 0 Å². The summed E-state index contributed by atoms with van der Waals surface area (Å²) in [5.74, 6) is 0.654. The summed E-state index contributed by atoms with van der Waals surface area (Å²) in [6.45, 7) is 4.52. The Kier molecular flexibility index (Phi) is 5.03. The molecule has 3 rings (SSSR count). The van der Waals surface area contributed by atoms with Crippen molar-refractivity contribution in [2.24, 2.45) is 0 Å². The number of hydrogen-bond acceptors (Lipinski definition) is 3. The van der Waals surface area contributed by atoms with Gasteiger partial charge < -0.3 is 15.0 Å². The highest BCUT2D eigenvalue weighted by Crippen LogP contribution is 2.30. The van der Waals surface area contributed by atoms with Crippen molar-refractivity contribution < 1.29 is 14.3 Å². The summed E-state index contributed by atoms with van der Waals surface area (Å²) in [4.78, 5) is 25.9. The fourth-order valence-corrected chi connectivity index (χ4v) is 3.04. The van der Waals surface area contributed by atoms with Crippen LogP contribution in [0.2, 0.25) is 0 Å². The van der Waals surface area contributed by atoms with E-state index in [1.807, 2.05) is 56.3 Å². The summed E-state index contributed by atoms with van der Waals surface area (Å²) in [6, 6.07) is 13.3. The Morgan fingerprint density at radius 1 is 1.20 bits per heavy atom. The van der Waals surface area contributed by atoms with E-state index in [2.05, 4.69) is 5.32 Å². The molecular weight excluding hydrogens is 316 g/mol. The summed E-state index contributed by atoms with van der Waals surface area (Å²) in [7, 11) is 0. The molecule has 1 heterocycles. The normalized spacial score (nSPS) is 13.4. The van der Waals surface area contributed by atoms with Gasteiger partial charge in [0, 0.05) is 24.3 Å². The van der Waals surface area contributed by atoms with Crippen molar-refractivity contribution in [1.29, 1.82) is 0 Å². The monoisotopic (exact) mass is 338 g/mol. The number of aryl methyl sites for hydroxylation is 2. The minimum Gasteiger partial charge on any atom is -0.483 e. The average molecular weight is 338 g/mol. The number of benzene rings is 2. The molecule has 1 aliphatic heterocycles. The lowest BCUT2D eigenvalue weighted by molar-refractivity contribution is -0.119. The lowest BCUT2D eigenvalue weighted by Crippen LogP contribution is -2.34. The average Bonchev–Trinajstić information content (AvgIpc) is 2.61. The van der Waals surface area contributed by atoms with Crippen LogP contribution in [0.4, 0.5) is 11.4 Å². The lowest BCUT2D eigenvalue weighted by atomic mass is 10.0. The zero-order chi connectivity index (χ0) is 17.8. The second kappa shape index (κ2) is 7.38. The molecule has 0 bridgehead atoms. The summed E-state index contributed by atoms with van der Waals surface area (Å²) >= 11 is 0. The number of hydrogen-bond donors (Lipinski definition) is 1. The second-order valence-corrected chi connectivity index (χ2v) is 6.08. The molecule has 1 N–H and O–H groups in total. The highest BCUT2D eigenvalue weighted by Gasteiger charge is 2.22. The predicted molar refractivity (Wildman–Crippen MR) is 98.1 cm³/mol. The van der Waals surface area contributed by atoms with Crippen LogP contribution in [-0.4, -0.2) is 25.0 Å². The molecular formula is C20H22N2O3. The Bertz CT molecular complexity index is 801. The third-order valence-electron chi connectivity index (χ3n) is 4.33. The summed E-state index contributed by atoms with van der Waals surface area (Å²) in [5, 5.41) is 2.86. The topological polar surface area (TPSA) is 58.6 Å². The maximum Gasteiger partial charge on any atom is 0.262 e. The fraction of sp³-hybridized carbons (Fsp3) is 0.300.